The van der Waals surface area contributed by atoms with Crippen LogP contribution in [0.25, 0.3) is 10.2 Å². The molecule has 166 valence electrons. The van der Waals surface area contributed by atoms with Crippen LogP contribution >= 0.6 is 22.7 Å². The number of anilines is 4. The van der Waals surface area contributed by atoms with Crippen molar-refractivity contribution in [2.24, 2.45) is 0 Å². The molecule has 0 bridgehead atoms. The minimum Gasteiger partial charge on any atom is -0.461 e. The first kappa shape index (κ1) is 22.1. The van der Waals surface area contributed by atoms with E-state index in [1.54, 1.807) is 23.6 Å². The Bertz CT molecular complexity index is 1210. The number of hydrogen-bond donors (Lipinski definition) is 2. The van der Waals surface area contributed by atoms with Crippen molar-refractivity contribution in [3.05, 3.63) is 46.5 Å². The van der Waals surface area contributed by atoms with Gasteiger partial charge in [0.2, 0.25) is 0 Å². The third kappa shape index (κ3) is 4.85. The lowest BCUT2D eigenvalue weighted by atomic mass is 10.1. The summed E-state index contributed by atoms with van der Waals surface area (Å²) in [6.07, 6.45) is 0. The normalized spacial score (nSPS) is 11.0. The van der Waals surface area contributed by atoms with Gasteiger partial charge in [0.15, 0.2) is 27.6 Å². The Morgan fingerprint density at radius 3 is 2.59 bits per heavy atom. The SMILES string of the molecule is CCOCc1c(Nc2nc(C(=O)OCC)cs2)nnc(Nc2nc3ccccc3s2)c1C. The number of ether oxygens (including phenoxy) is 2. The average Bonchev–Trinajstić information content (AvgIpc) is 3.42. The Hall–Kier alpha value is -3.15. The maximum absolute atomic E-state index is 11.9. The highest BCUT2D eigenvalue weighted by molar-refractivity contribution is 7.22. The molecule has 0 saturated heterocycles. The maximum atomic E-state index is 11.9. The van der Waals surface area contributed by atoms with Crippen LogP contribution in [0.1, 0.15) is 35.5 Å². The molecule has 0 fully saturated rings. The van der Waals surface area contributed by atoms with E-state index in [1.165, 1.54) is 11.3 Å². The molecule has 4 aromatic rings. The molecule has 1 aromatic carbocycles. The van der Waals surface area contributed by atoms with Crippen LogP contribution in [0.15, 0.2) is 29.6 Å². The van der Waals surface area contributed by atoms with Crippen molar-refractivity contribution in [2.45, 2.75) is 27.4 Å². The molecule has 0 amide bonds. The molecular formula is C21H22N6O3S2. The number of aromatic nitrogens is 4. The van der Waals surface area contributed by atoms with Crippen molar-refractivity contribution < 1.29 is 14.3 Å². The molecule has 0 atom stereocenters. The molecule has 3 aromatic heterocycles. The Morgan fingerprint density at radius 2 is 1.81 bits per heavy atom. The van der Waals surface area contributed by atoms with Gasteiger partial charge in [0.05, 0.1) is 23.4 Å². The molecule has 0 spiro atoms. The standard InChI is InChI=1S/C21H22N6O3S2/c1-4-29-10-13-12(3)17(24-21-22-14-8-6-7-9-16(14)32-21)26-27-18(13)25-20-23-15(11-31-20)19(28)30-5-2/h6-9,11H,4-5,10H2,1-3H3,(H,22,24,26)(H,23,25,27). The van der Waals surface area contributed by atoms with Crippen LogP contribution in [0.2, 0.25) is 0 Å². The van der Waals surface area contributed by atoms with Gasteiger partial charge in [0, 0.05) is 23.1 Å². The van der Waals surface area contributed by atoms with Crippen LogP contribution in [-0.2, 0) is 16.1 Å². The Labute approximate surface area is 192 Å². The van der Waals surface area contributed by atoms with Gasteiger partial charge in [-0.15, -0.1) is 21.5 Å². The predicted octanol–water partition coefficient (Wildman–Crippen LogP) is 5.05. The van der Waals surface area contributed by atoms with Crippen molar-refractivity contribution in [1.29, 1.82) is 0 Å². The lowest BCUT2D eigenvalue weighted by Gasteiger charge is -2.14. The van der Waals surface area contributed by atoms with Crippen molar-refractivity contribution in [2.75, 3.05) is 23.8 Å². The van der Waals surface area contributed by atoms with Crippen molar-refractivity contribution in [3.63, 3.8) is 0 Å². The highest BCUT2D eigenvalue weighted by atomic mass is 32.1. The number of nitrogens with one attached hydrogen (secondary N) is 2. The van der Waals surface area contributed by atoms with Gasteiger partial charge in [-0.25, -0.2) is 14.8 Å². The molecule has 11 heteroatoms. The summed E-state index contributed by atoms with van der Waals surface area (Å²) in [6, 6.07) is 7.95. The van der Waals surface area contributed by atoms with Gasteiger partial charge in [-0.05, 0) is 32.9 Å². The Morgan fingerprint density at radius 1 is 1.03 bits per heavy atom. The van der Waals surface area contributed by atoms with Crippen LogP contribution in [0.5, 0.6) is 0 Å². The molecule has 0 aliphatic heterocycles. The van der Waals surface area contributed by atoms with Gasteiger partial charge in [0.25, 0.3) is 0 Å². The zero-order chi connectivity index (χ0) is 22.5. The van der Waals surface area contributed by atoms with Gasteiger partial charge in [-0.1, -0.05) is 23.5 Å². The second kappa shape index (κ2) is 9.98. The topological polar surface area (TPSA) is 111 Å². The maximum Gasteiger partial charge on any atom is 0.357 e. The van der Waals surface area contributed by atoms with Crippen LogP contribution < -0.4 is 10.6 Å². The summed E-state index contributed by atoms with van der Waals surface area (Å²) in [7, 11) is 0. The Kier molecular flexibility index (Phi) is 6.88. The predicted molar refractivity (Wildman–Crippen MR) is 126 cm³/mol. The summed E-state index contributed by atoms with van der Waals surface area (Å²) in [5.41, 5.74) is 2.92. The number of rotatable bonds is 9. The number of benzene rings is 1. The molecule has 0 unspecified atom stereocenters. The average molecular weight is 471 g/mol. The van der Waals surface area contributed by atoms with E-state index in [0.717, 1.165) is 26.5 Å². The summed E-state index contributed by atoms with van der Waals surface area (Å²) in [5, 5.41) is 18.0. The molecule has 2 N–H and O–H groups in total. The third-order valence-corrected chi connectivity index (χ3v) is 6.24. The number of nitrogens with zero attached hydrogens (tertiary/aromatic N) is 4. The fourth-order valence-corrected chi connectivity index (χ4v) is 4.46. The largest absolute Gasteiger partial charge is 0.461 e. The van der Waals surface area contributed by atoms with E-state index in [4.69, 9.17) is 9.47 Å². The number of carbonyl (C=O) groups excluding carboxylic acids is 1. The summed E-state index contributed by atoms with van der Waals surface area (Å²) < 4.78 is 11.8. The van der Waals surface area contributed by atoms with Gasteiger partial charge in [0.1, 0.15) is 0 Å². The number of fused-ring (bicyclic) bond motifs is 1. The monoisotopic (exact) mass is 470 g/mol. The van der Waals surface area contributed by atoms with Gasteiger partial charge in [-0.3, -0.25) is 0 Å². The van der Waals surface area contributed by atoms with E-state index < -0.39 is 5.97 Å². The molecule has 0 aliphatic carbocycles. The zero-order valence-corrected chi connectivity index (χ0v) is 19.5. The van der Waals surface area contributed by atoms with Crippen LogP contribution in [0.3, 0.4) is 0 Å². The number of hydrogen-bond acceptors (Lipinski definition) is 11. The first-order valence-electron chi connectivity index (χ1n) is 10.0. The van der Waals surface area contributed by atoms with E-state index in [2.05, 4.69) is 30.8 Å². The number of carbonyl (C=O) groups is 1. The minimum absolute atomic E-state index is 0.254. The van der Waals surface area contributed by atoms with E-state index in [9.17, 15) is 4.79 Å². The first-order chi connectivity index (χ1) is 15.6. The third-order valence-electron chi connectivity index (χ3n) is 4.53. The van der Waals surface area contributed by atoms with Gasteiger partial charge in [-0.2, -0.15) is 0 Å². The highest BCUT2D eigenvalue weighted by Crippen LogP contribution is 2.31. The Balaban J connectivity index is 1.60. The zero-order valence-electron chi connectivity index (χ0n) is 17.8. The van der Waals surface area contributed by atoms with E-state index in [0.29, 0.717) is 36.6 Å². The van der Waals surface area contributed by atoms with Crippen molar-refractivity contribution in [3.8, 4) is 0 Å². The molecule has 3 heterocycles. The smallest absolute Gasteiger partial charge is 0.357 e. The first-order valence-corrected chi connectivity index (χ1v) is 11.7. The summed E-state index contributed by atoms with van der Waals surface area (Å²) >= 11 is 2.84. The van der Waals surface area contributed by atoms with E-state index >= 15 is 0 Å². The second-order valence-corrected chi connectivity index (χ2v) is 8.52. The fraction of sp³-hybridized carbons (Fsp3) is 0.286. The van der Waals surface area contributed by atoms with Crippen molar-refractivity contribution in [1.82, 2.24) is 20.2 Å². The molecule has 9 nitrogen and oxygen atoms in total. The lowest BCUT2D eigenvalue weighted by molar-refractivity contribution is 0.0520. The summed E-state index contributed by atoms with van der Waals surface area (Å²) in [4.78, 5) is 20.8. The molecule has 32 heavy (non-hydrogen) atoms. The molecule has 0 aliphatic rings. The molecule has 0 radical (unpaired) electrons. The second-order valence-electron chi connectivity index (χ2n) is 6.63. The molecule has 0 saturated carbocycles. The lowest BCUT2D eigenvalue weighted by Crippen LogP contribution is -2.09. The molecular weight excluding hydrogens is 448 g/mol. The van der Waals surface area contributed by atoms with Crippen LogP contribution in [0, 0.1) is 6.92 Å². The summed E-state index contributed by atoms with van der Waals surface area (Å²) in [5.74, 6) is 0.676. The number of esters is 1. The van der Waals surface area contributed by atoms with Crippen LogP contribution in [0.4, 0.5) is 21.9 Å². The number of thiazole rings is 2. The minimum atomic E-state index is -0.455. The number of para-hydroxylation sites is 1. The van der Waals surface area contributed by atoms with Gasteiger partial charge < -0.3 is 20.1 Å². The van der Waals surface area contributed by atoms with E-state index in [1.807, 2.05) is 38.1 Å². The van der Waals surface area contributed by atoms with E-state index in [-0.39, 0.29) is 5.69 Å². The fourth-order valence-electron chi connectivity index (χ4n) is 2.91. The highest BCUT2D eigenvalue weighted by Gasteiger charge is 2.18. The quantitative estimate of drug-likeness (QED) is 0.324. The van der Waals surface area contributed by atoms with Crippen molar-refractivity contribution >= 4 is 60.8 Å². The van der Waals surface area contributed by atoms with Gasteiger partial charge >= 0.3 is 5.97 Å². The molecule has 4 rings (SSSR count). The summed E-state index contributed by atoms with van der Waals surface area (Å²) in [6.45, 7) is 6.85. The van der Waals surface area contributed by atoms with Crippen LogP contribution in [-0.4, -0.2) is 39.3 Å².